The van der Waals surface area contributed by atoms with E-state index in [9.17, 15) is 9.59 Å². The van der Waals surface area contributed by atoms with E-state index in [-0.39, 0.29) is 11.8 Å². The van der Waals surface area contributed by atoms with Crippen LogP contribution in [0.1, 0.15) is 40.5 Å². The van der Waals surface area contributed by atoms with Crippen molar-refractivity contribution in [2.75, 3.05) is 26.6 Å². The zero-order valence-corrected chi connectivity index (χ0v) is 17.9. The molecule has 0 N–H and O–H groups in total. The zero-order valence-electron chi connectivity index (χ0n) is 15.0. The second-order valence-corrected chi connectivity index (χ2v) is 13.8. The Hall–Kier alpha value is -1.08. The van der Waals surface area contributed by atoms with E-state index < -0.39 is 19.8 Å². The van der Waals surface area contributed by atoms with Crippen molar-refractivity contribution in [1.29, 1.82) is 0 Å². The summed E-state index contributed by atoms with van der Waals surface area (Å²) in [5.41, 5.74) is 1.36. The summed E-state index contributed by atoms with van der Waals surface area (Å²) >= 11 is 0.837. The Morgan fingerprint density at radius 2 is 1.76 bits per heavy atom. The molecule has 0 spiro atoms. The van der Waals surface area contributed by atoms with Crippen molar-refractivity contribution in [1.82, 2.24) is 4.90 Å². The van der Waals surface area contributed by atoms with Crippen molar-refractivity contribution in [3.63, 3.8) is 0 Å². The van der Waals surface area contributed by atoms with Crippen LogP contribution in [0.25, 0.3) is 10.8 Å². The van der Waals surface area contributed by atoms with Gasteiger partial charge in [0.15, 0.2) is 0 Å². The quantitative estimate of drug-likeness (QED) is 0.186. The Kier molecular flexibility index (Phi) is 6.04. The normalized spacial score (nSPS) is 14.4. The number of rotatable bonds is 7. The van der Waals surface area contributed by atoms with Crippen LogP contribution >= 0.6 is 31.6 Å². The molecular formula is C20H24INO2S. The minimum atomic E-state index is -0.977. The molecule has 3 rings (SSSR count). The third-order valence-electron chi connectivity index (χ3n) is 4.39. The van der Waals surface area contributed by atoms with Gasteiger partial charge in [0.05, 0.1) is 0 Å². The average molecular weight is 469 g/mol. The van der Waals surface area contributed by atoms with Gasteiger partial charge in [-0.05, 0) is 0 Å². The molecule has 0 unspecified atom stereocenters. The first-order valence-electron chi connectivity index (χ1n) is 8.55. The second kappa shape index (κ2) is 8.08. The summed E-state index contributed by atoms with van der Waals surface area (Å²) < 4.78 is 0.984. The maximum absolute atomic E-state index is 12.9. The van der Waals surface area contributed by atoms with Crippen molar-refractivity contribution in [3.05, 3.63) is 41.5 Å². The number of amides is 2. The van der Waals surface area contributed by atoms with E-state index in [4.69, 9.17) is 0 Å². The van der Waals surface area contributed by atoms with Gasteiger partial charge in [-0.1, -0.05) is 6.92 Å². The van der Waals surface area contributed by atoms with Gasteiger partial charge in [-0.3, -0.25) is 0 Å². The molecular weight excluding hydrogens is 445 g/mol. The SMILES string of the molecule is CCCCSc1ccc2c3c(cccc13)C(=O)N(CCI(C)C)C2=O. The number of nitrogens with zero attached hydrogens (tertiary/aromatic N) is 1. The fourth-order valence-electron chi connectivity index (χ4n) is 3.03. The number of carbonyl (C=O) groups is 2. The van der Waals surface area contributed by atoms with Crippen molar-refractivity contribution in [2.45, 2.75) is 24.7 Å². The first-order valence-corrected chi connectivity index (χ1v) is 15.4. The van der Waals surface area contributed by atoms with Gasteiger partial charge in [0.1, 0.15) is 0 Å². The summed E-state index contributed by atoms with van der Waals surface area (Å²) in [7, 11) is 0. The average Bonchev–Trinajstić information content (AvgIpc) is 2.60. The summed E-state index contributed by atoms with van der Waals surface area (Å²) in [4.78, 5) is 33.0. The van der Waals surface area contributed by atoms with Crippen molar-refractivity contribution in [2.24, 2.45) is 0 Å². The van der Waals surface area contributed by atoms with E-state index >= 15 is 0 Å². The first-order chi connectivity index (χ1) is 12.0. The van der Waals surface area contributed by atoms with Gasteiger partial charge in [-0.25, -0.2) is 0 Å². The zero-order chi connectivity index (χ0) is 18.0. The maximum atomic E-state index is 12.9. The summed E-state index contributed by atoms with van der Waals surface area (Å²) in [5, 5.41) is 1.88. The second-order valence-electron chi connectivity index (χ2n) is 6.40. The molecule has 1 aliphatic heterocycles. The standard InChI is InChI=1S/C20H24INO2S/c1-4-5-13-25-17-10-9-16-18-14(17)7-6-8-15(18)19(23)22(20(16)24)12-11-21(2)3/h6-10H,4-5,11-13H2,1-3H3. The van der Waals surface area contributed by atoms with Crippen LogP contribution in [0.15, 0.2) is 35.2 Å². The Bertz CT molecular complexity index is 796. The number of alkyl halides is 3. The van der Waals surface area contributed by atoms with Gasteiger partial charge in [-0.15, -0.1) is 0 Å². The van der Waals surface area contributed by atoms with Crippen LogP contribution in [-0.4, -0.2) is 43.3 Å². The molecule has 1 aliphatic rings. The van der Waals surface area contributed by atoms with Gasteiger partial charge in [0.25, 0.3) is 0 Å². The molecule has 134 valence electrons. The molecule has 25 heavy (non-hydrogen) atoms. The van der Waals surface area contributed by atoms with Crippen LogP contribution in [0.5, 0.6) is 0 Å². The summed E-state index contributed by atoms with van der Waals surface area (Å²) in [6.45, 7) is 2.74. The van der Waals surface area contributed by atoms with Gasteiger partial charge >= 0.3 is 154 Å². The number of unbranched alkanes of at least 4 members (excludes halogenated alkanes) is 1. The molecule has 0 saturated heterocycles. The molecule has 0 saturated carbocycles. The van der Waals surface area contributed by atoms with Crippen molar-refractivity contribution in [3.8, 4) is 0 Å². The summed E-state index contributed by atoms with van der Waals surface area (Å²) in [6, 6.07) is 9.80. The fourth-order valence-corrected chi connectivity index (χ4v) is 5.62. The van der Waals surface area contributed by atoms with Crippen molar-refractivity contribution < 1.29 is 9.59 Å². The molecule has 1 heterocycles. The van der Waals surface area contributed by atoms with E-state index in [1.807, 2.05) is 42.1 Å². The van der Waals surface area contributed by atoms with Crippen molar-refractivity contribution >= 4 is 54.2 Å². The molecule has 2 aromatic carbocycles. The molecule has 3 nitrogen and oxygen atoms in total. The van der Waals surface area contributed by atoms with Gasteiger partial charge in [-0.2, -0.15) is 0 Å². The number of hydrogen-bond donors (Lipinski definition) is 0. The van der Waals surface area contributed by atoms with Gasteiger partial charge in [0, 0.05) is 0 Å². The number of halogens is 1. The number of benzene rings is 2. The molecule has 0 radical (unpaired) electrons. The number of imide groups is 1. The summed E-state index contributed by atoms with van der Waals surface area (Å²) in [6.07, 6.45) is 2.33. The van der Waals surface area contributed by atoms with Crippen LogP contribution < -0.4 is 0 Å². The molecule has 0 aromatic heterocycles. The first kappa shape index (κ1) is 18.7. The molecule has 0 bridgehead atoms. The van der Waals surface area contributed by atoms with E-state index in [1.165, 1.54) is 22.6 Å². The van der Waals surface area contributed by atoms with Crippen LogP contribution in [-0.2, 0) is 0 Å². The van der Waals surface area contributed by atoms with Crippen LogP contribution in [0.2, 0.25) is 0 Å². The molecule has 0 fully saturated rings. The third kappa shape index (κ3) is 3.72. The molecule has 0 atom stereocenters. The molecule has 5 heteroatoms. The van der Waals surface area contributed by atoms with E-state index in [1.54, 1.807) is 0 Å². The Morgan fingerprint density at radius 1 is 1.04 bits per heavy atom. The van der Waals surface area contributed by atoms with Gasteiger partial charge in [0.2, 0.25) is 0 Å². The van der Waals surface area contributed by atoms with Crippen LogP contribution in [0, 0.1) is 0 Å². The third-order valence-corrected chi connectivity index (χ3v) is 8.19. The Balaban J connectivity index is 2.03. The predicted molar refractivity (Wildman–Crippen MR) is 116 cm³/mol. The topological polar surface area (TPSA) is 37.4 Å². The van der Waals surface area contributed by atoms with E-state index in [2.05, 4.69) is 16.8 Å². The number of carbonyl (C=O) groups excluding carboxylic acids is 2. The molecule has 0 aliphatic carbocycles. The van der Waals surface area contributed by atoms with E-state index in [0.717, 1.165) is 21.0 Å². The fraction of sp³-hybridized carbons (Fsp3) is 0.400. The monoisotopic (exact) mass is 469 g/mol. The Morgan fingerprint density at radius 3 is 2.44 bits per heavy atom. The van der Waals surface area contributed by atoms with Crippen LogP contribution in [0.4, 0.5) is 0 Å². The summed E-state index contributed by atoms with van der Waals surface area (Å²) in [5.74, 6) is 0.802. The molecule has 2 aromatic rings. The molecule has 2 amide bonds. The number of thioether (sulfide) groups is 1. The van der Waals surface area contributed by atoms with E-state index in [0.29, 0.717) is 17.7 Å². The minimum absolute atomic E-state index is 0.128. The van der Waals surface area contributed by atoms with Gasteiger partial charge < -0.3 is 0 Å². The number of hydrogen-bond acceptors (Lipinski definition) is 3. The van der Waals surface area contributed by atoms with Crippen LogP contribution in [0.3, 0.4) is 0 Å². The Labute approximate surface area is 160 Å². The predicted octanol–water partition coefficient (Wildman–Crippen LogP) is 5.09.